The van der Waals surface area contributed by atoms with Gasteiger partial charge in [0.25, 0.3) is 0 Å². The summed E-state index contributed by atoms with van der Waals surface area (Å²) in [5.74, 6) is -0.686. The maximum absolute atomic E-state index is 12.1. The lowest BCUT2D eigenvalue weighted by molar-refractivity contribution is -0.148. The van der Waals surface area contributed by atoms with Crippen LogP contribution in [0.5, 0.6) is 0 Å². The molecule has 0 atom stereocenters. The van der Waals surface area contributed by atoms with Gasteiger partial charge < -0.3 is 20.1 Å². The summed E-state index contributed by atoms with van der Waals surface area (Å²) < 4.78 is 10.2. The van der Waals surface area contributed by atoms with Crippen LogP contribution < -0.4 is 10.6 Å². The molecule has 1 aromatic rings. The molecule has 1 aromatic carbocycles. The molecule has 6 heteroatoms. The van der Waals surface area contributed by atoms with Crippen LogP contribution in [0.2, 0.25) is 0 Å². The molecule has 2 N–H and O–H groups in total. The van der Waals surface area contributed by atoms with E-state index >= 15 is 0 Å². The van der Waals surface area contributed by atoms with Gasteiger partial charge in [-0.25, -0.2) is 9.59 Å². The number of hydrogen-bond acceptors (Lipinski definition) is 6. The Bertz CT molecular complexity index is 531. The molecule has 0 heterocycles. The SMILES string of the molecule is CCOC(=O)C(C)(C)Nc1ccccc1NC(C)(C)C(=O)OCC. The van der Waals surface area contributed by atoms with Crippen molar-refractivity contribution in [3.05, 3.63) is 24.3 Å². The third-order valence-corrected chi connectivity index (χ3v) is 3.39. The van der Waals surface area contributed by atoms with Crippen LogP contribution in [-0.2, 0) is 19.1 Å². The van der Waals surface area contributed by atoms with E-state index in [4.69, 9.17) is 9.47 Å². The van der Waals surface area contributed by atoms with E-state index in [1.54, 1.807) is 41.5 Å². The third-order valence-electron chi connectivity index (χ3n) is 3.39. The Balaban J connectivity index is 3.00. The van der Waals surface area contributed by atoms with Gasteiger partial charge in [-0.1, -0.05) is 12.1 Å². The van der Waals surface area contributed by atoms with Crippen molar-refractivity contribution in [2.45, 2.75) is 52.6 Å². The molecule has 0 aromatic heterocycles. The van der Waals surface area contributed by atoms with Crippen LogP contribution >= 0.6 is 0 Å². The zero-order valence-electron chi connectivity index (χ0n) is 15.4. The van der Waals surface area contributed by atoms with Crippen molar-refractivity contribution >= 4 is 23.3 Å². The van der Waals surface area contributed by atoms with Gasteiger partial charge in [-0.15, -0.1) is 0 Å². The molecule has 0 unspecified atom stereocenters. The highest BCUT2D eigenvalue weighted by Crippen LogP contribution is 2.28. The lowest BCUT2D eigenvalue weighted by atomic mass is 10.0. The number of benzene rings is 1. The Labute approximate surface area is 143 Å². The average molecular weight is 336 g/mol. The predicted molar refractivity (Wildman–Crippen MR) is 95.1 cm³/mol. The van der Waals surface area contributed by atoms with Gasteiger partial charge in [-0.2, -0.15) is 0 Å². The number of hydrogen-bond donors (Lipinski definition) is 2. The van der Waals surface area contributed by atoms with Crippen LogP contribution in [0.4, 0.5) is 11.4 Å². The summed E-state index contributed by atoms with van der Waals surface area (Å²) in [7, 11) is 0. The second-order valence-corrected chi connectivity index (χ2v) is 6.49. The largest absolute Gasteiger partial charge is 0.464 e. The Kier molecular flexibility index (Phi) is 6.63. The van der Waals surface area contributed by atoms with Gasteiger partial charge in [0.05, 0.1) is 24.6 Å². The van der Waals surface area contributed by atoms with E-state index in [0.29, 0.717) is 24.6 Å². The smallest absolute Gasteiger partial charge is 0.331 e. The lowest BCUT2D eigenvalue weighted by Crippen LogP contribution is -2.43. The van der Waals surface area contributed by atoms with Gasteiger partial charge in [0.1, 0.15) is 11.1 Å². The lowest BCUT2D eigenvalue weighted by Gasteiger charge is -2.30. The van der Waals surface area contributed by atoms with Crippen LogP contribution in [0.3, 0.4) is 0 Å². The van der Waals surface area contributed by atoms with Crippen LogP contribution in [0.1, 0.15) is 41.5 Å². The van der Waals surface area contributed by atoms with Gasteiger partial charge >= 0.3 is 11.9 Å². The first-order chi connectivity index (χ1) is 11.1. The van der Waals surface area contributed by atoms with Gasteiger partial charge in [0.15, 0.2) is 0 Å². The van der Waals surface area contributed by atoms with Crippen LogP contribution in [0, 0.1) is 0 Å². The van der Waals surface area contributed by atoms with Gasteiger partial charge in [-0.05, 0) is 53.7 Å². The normalized spacial score (nSPS) is 11.6. The third kappa shape index (κ3) is 5.15. The quantitative estimate of drug-likeness (QED) is 0.710. The monoisotopic (exact) mass is 336 g/mol. The number of anilines is 2. The number of esters is 2. The van der Waals surface area contributed by atoms with Crippen molar-refractivity contribution in [1.29, 1.82) is 0 Å². The minimum Gasteiger partial charge on any atom is -0.464 e. The Hall–Kier alpha value is -2.24. The molecule has 6 nitrogen and oxygen atoms in total. The summed E-state index contributed by atoms with van der Waals surface area (Å²) in [6.07, 6.45) is 0. The summed E-state index contributed by atoms with van der Waals surface area (Å²) in [5.41, 5.74) is -0.398. The molecule has 0 radical (unpaired) electrons. The van der Waals surface area contributed by atoms with Crippen molar-refractivity contribution in [1.82, 2.24) is 0 Å². The molecule has 0 bridgehead atoms. The molecule has 134 valence electrons. The molecule has 0 spiro atoms. The second kappa shape index (κ2) is 8.04. The van der Waals surface area contributed by atoms with Crippen LogP contribution in [0.15, 0.2) is 24.3 Å². The number of carbonyl (C=O) groups excluding carboxylic acids is 2. The molecule has 0 fully saturated rings. The minimum atomic E-state index is -0.901. The van der Waals surface area contributed by atoms with Crippen molar-refractivity contribution < 1.29 is 19.1 Å². The van der Waals surface area contributed by atoms with E-state index in [1.807, 2.05) is 24.3 Å². The highest BCUT2D eigenvalue weighted by Gasteiger charge is 2.32. The number of rotatable bonds is 8. The zero-order chi connectivity index (χ0) is 18.4. The molecule has 0 saturated carbocycles. The van der Waals surface area contributed by atoms with E-state index < -0.39 is 11.1 Å². The Morgan fingerprint density at radius 1 is 0.833 bits per heavy atom. The molecule has 0 amide bonds. The minimum absolute atomic E-state index is 0.319. The fraction of sp³-hybridized carbons (Fsp3) is 0.556. The topological polar surface area (TPSA) is 76.7 Å². The highest BCUT2D eigenvalue weighted by molar-refractivity contribution is 5.88. The van der Waals surface area contributed by atoms with E-state index in [0.717, 1.165) is 0 Å². The first-order valence-electron chi connectivity index (χ1n) is 8.14. The van der Waals surface area contributed by atoms with Crippen molar-refractivity contribution in [2.75, 3.05) is 23.8 Å². The standard InChI is InChI=1S/C18H28N2O4/c1-7-23-15(21)17(3,4)19-13-11-9-10-12-14(13)20-18(5,6)16(22)24-8-2/h9-12,19-20H,7-8H2,1-6H3. The first-order valence-corrected chi connectivity index (χ1v) is 8.14. The van der Waals surface area contributed by atoms with Crippen molar-refractivity contribution in [2.24, 2.45) is 0 Å². The predicted octanol–water partition coefficient (Wildman–Crippen LogP) is 3.19. The second-order valence-electron chi connectivity index (χ2n) is 6.49. The van der Waals surface area contributed by atoms with Crippen molar-refractivity contribution in [3.8, 4) is 0 Å². The Morgan fingerprint density at radius 3 is 1.46 bits per heavy atom. The molecule has 1 rings (SSSR count). The van der Waals surface area contributed by atoms with E-state index in [2.05, 4.69) is 10.6 Å². The van der Waals surface area contributed by atoms with Gasteiger partial charge in [0, 0.05) is 0 Å². The molecular formula is C18H28N2O4. The summed E-state index contributed by atoms with van der Waals surface area (Å²) in [4.78, 5) is 24.2. The van der Waals surface area contributed by atoms with Crippen LogP contribution in [0.25, 0.3) is 0 Å². The number of ether oxygens (including phenoxy) is 2. The highest BCUT2D eigenvalue weighted by atomic mass is 16.5. The van der Waals surface area contributed by atoms with E-state index in [9.17, 15) is 9.59 Å². The maximum atomic E-state index is 12.1. The van der Waals surface area contributed by atoms with Gasteiger partial charge in [-0.3, -0.25) is 0 Å². The molecule has 0 aliphatic rings. The summed E-state index contributed by atoms with van der Waals surface area (Å²) in [6.45, 7) is 11.2. The first kappa shape index (κ1) is 19.8. The number of nitrogens with one attached hydrogen (secondary N) is 2. The number of carbonyl (C=O) groups is 2. The number of para-hydroxylation sites is 2. The summed E-state index contributed by atoms with van der Waals surface area (Å²) >= 11 is 0. The fourth-order valence-electron chi connectivity index (χ4n) is 2.10. The molecule has 0 aliphatic heterocycles. The van der Waals surface area contributed by atoms with Crippen molar-refractivity contribution in [3.63, 3.8) is 0 Å². The molecule has 0 aliphatic carbocycles. The average Bonchev–Trinajstić information content (AvgIpc) is 2.49. The zero-order valence-corrected chi connectivity index (χ0v) is 15.4. The van der Waals surface area contributed by atoms with E-state index in [-0.39, 0.29) is 11.9 Å². The maximum Gasteiger partial charge on any atom is 0.331 e. The summed E-state index contributed by atoms with van der Waals surface area (Å²) in [5, 5.41) is 6.35. The Morgan fingerprint density at radius 2 is 1.17 bits per heavy atom. The fourth-order valence-corrected chi connectivity index (χ4v) is 2.10. The molecule has 0 saturated heterocycles. The molecular weight excluding hydrogens is 308 g/mol. The van der Waals surface area contributed by atoms with Crippen LogP contribution in [-0.4, -0.2) is 36.2 Å². The van der Waals surface area contributed by atoms with E-state index in [1.165, 1.54) is 0 Å². The summed E-state index contributed by atoms with van der Waals surface area (Å²) in [6, 6.07) is 7.38. The molecule has 24 heavy (non-hydrogen) atoms. The van der Waals surface area contributed by atoms with Gasteiger partial charge in [0.2, 0.25) is 0 Å².